The number of fused-ring (bicyclic) bond motifs is 3. The van der Waals surface area contributed by atoms with Crippen LogP contribution in [0.2, 0.25) is 0 Å². The highest BCUT2D eigenvalue weighted by Gasteiger charge is 2.61. The van der Waals surface area contributed by atoms with Gasteiger partial charge in [-0.1, -0.05) is 12.1 Å². The van der Waals surface area contributed by atoms with Crippen LogP contribution in [0.1, 0.15) is 59.4 Å². The Hall–Kier alpha value is -4.03. The van der Waals surface area contributed by atoms with E-state index in [1.807, 2.05) is 6.07 Å². The fourth-order valence-corrected chi connectivity index (χ4v) is 6.02. The fourth-order valence-electron chi connectivity index (χ4n) is 6.02. The zero-order chi connectivity index (χ0) is 27.3. The summed E-state index contributed by atoms with van der Waals surface area (Å²) in [6.07, 6.45) is 1.09. The van der Waals surface area contributed by atoms with E-state index in [1.54, 1.807) is 35.1 Å². The number of carbonyl (C=O) groups excluding carboxylic acids is 3. The van der Waals surface area contributed by atoms with Gasteiger partial charge in [0.2, 0.25) is 11.8 Å². The van der Waals surface area contributed by atoms with Crippen LogP contribution in [0, 0.1) is 0 Å². The number of hydrogen-bond acceptors (Lipinski definition) is 5. The molecule has 3 atom stereocenters. The quantitative estimate of drug-likeness (QED) is 0.465. The van der Waals surface area contributed by atoms with Gasteiger partial charge in [-0.05, 0) is 54.4 Å². The second-order valence-electron chi connectivity index (χ2n) is 10.7. The summed E-state index contributed by atoms with van der Waals surface area (Å²) in [5, 5.41) is 9.35. The second kappa shape index (κ2) is 7.99. The summed E-state index contributed by atoms with van der Waals surface area (Å²) in [7, 11) is 0. The molecule has 2 aliphatic carbocycles. The fraction of sp³-hybridized carbons (Fsp3) is 0.423. The van der Waals surface area contributed by atoms with E-state index < -0.39 is 48.1 Å². The van der Waals surface area contributed by atoms with E-state index in [1.165, 1.54) is 0 Å². The summed E-state index contributed by atoms with van der Waals surface area (Å²) < 4.78 is 55.7. The van der Waals surface area contributed by atoms with E-state index in [0.29, 0.717) is 36.2 Å². The van der Waals surface area contributed by atoms with Crippen molar-refractivity contribution in [3.8, 4) is 0 Å². The van der Waals surface area contributed by atoms with Crippen molar-refractivity contribution in [2.45, 2.75) is 54.8 Å². The summed E-state index contributed by atoms with van der Waals surface area (Å²) in [6, 6.07) is 6.57. The average molecular weight is 542 g/mol. The molecule has 2 saturated carbocycles. The van der Waals surface area contributed by atoms with Crippen molar-refractivity contribution in [3.63, 3.8) is 0 Å². The topological polar surface area (TPSA) is 109 Å². The Bertz CT molecular complexity index is 1570. The number of imide groups is 1. The molecular weight excluding hydrogens is 520 g/mol. The van der Waals surface area contributed by atoms with E-state index in [2.05, 4.69) is 20.7 Å². The third-order valence-corrected chi connectivity index (χ3v) is 8.32. The molecule has 7 rings (SSSR count). The largest absolute Gasteiger partial charge is 0.337 e. The predicted molar refractivity (Wildman–Crippen MR) is 128 cm³/mol. The molecule has 2 N–H and O–H groups in total. The molecule has 3 aromatic rings. The molecule has 0 bridgehead atoms. The van der Waals surface area contributed by atoms with Crippen LogP contribution < -0.4 is 15.5 Å². The van der Waals surface area contributed by atoms with Gasteiger partial charge >= 0.3 is 18.4 Å². The Balaban J connectivity index is 1.21. The van der Waals surface area contributed by atoms with Crippen LogP contribution in [0.4, 0.5) is 28.0 Å². The lowest BCUT2D eigenvalue weighted by Crippen LogP contribution is -2.51. The van der Waals surface area contributed by atoms with Crippen molar-refractivity contribution in [1.29, 1.82) is 0 Å². The van der Waals surface area contributed by atoms with Gasteiger partial charge in [-0.2, -0.15) is 13.9 Å². The van der Waals surface area contributed by atoms with Gasteiger partial charge in [0.15, 0.2) is 5.65 Å². The highest BCUT2D eigenvalue weighted by molar-refractivity contribution is 6.10. The van der Waals surface area contributed by atoms with Crippen molar-refractivity contribution in [1.82, 2.24) is 25.2 Å². The lowest BCUT2D eigenvalue weighted by Gasteiger charge is -2.24. The van der Waals surface area contributed by atoms with Crippen molar-refractivity contribution >= 4 is 29.2 Å². The Morgan fingerprint density at radius 3 is 2.64 bits per heavy atom. The Morgan fingerprint density at radius 1 is 1.13 bits per heavy atom. The minimum atomic E-state index is -4.32. The van der Waals surface area contributed by atoms with Gasteiger partial charge in [-0.15, -0.1) is 0 Å². The highest BCUT2D eigenvalue weighted by Crippen LogP contribution is 2.60. The van der Waals surface area contributed by atoms with Gasteiger partial charge < -0.3 is 10.2 Å². The first kappa shape index (κ1) is 24.0. The van der Waals surface area contributed by atoms with E-state index in [0.717, 1.165) is 16.0 Å². The maximum absolute atomic E-state index is 14.0. The van der Waals surface area contributed by atoms with Gasteiger partial charge in [0.1, 0.15) is 0 Å². The van der Waals surface area contributed by atoms with Crippen molar-refractivity contribution in [3.05, 3.63) is 59.0 Å². The molecule has 2 aromatic heterocycles. The maximum atomic E-state index is 14.0. The third kappa shape index (κ3) is 3.62. The molecule has 202 valence electrons. The summed E-state index contributed by atoms with van der Waals surface area (Å²) in [4.78, 5) is 42.3. The minimum Gasteiger partial charge on any atom is -0.337 e. The standard InChI is InChI=1S/C26H22F4N6O3/c27-22(28)26(29,30)11-35-19-7-12(1-2-17(19)25(3-4-25)23(35)38)13-8-14(13)15-9-18(34-36-6-5-31-20(15)36)16-10-32-24(39)33-21(16)37/h1-2,5-7,9,13-14,16,22H,3-4,8,10-11H2,(H2,32,33,37,39)/t13-,14+,16?/m1/s1. The minimum absolute atomic E-state index is 0.0288. The Labute approximate surface area is 218 Å². The number of urea groups is 1. The number of alkyl halides is 4. The number of nitrogens with zero attached hydrogens (tertiary/aromatic N) is 4. The number of rotatable bonds is 6. The van der Waals surface area contributed by atoms with Crippen molar-refractivity contribution in [2.75, 3.05) is 18.0 Å². The SMILES string of the molecule is O=C1NCC(c2cc([C@H]3C[C@@H]3c3ccc4c(c3)N(CC(F)(F)C(F)F)C(=O)C43CC3)c3nccn3n2)C(=O)N1. The van der Waals surface area contributed by atoms with Gasteiger partial charge in [-0.25, -0.2) is 23.1 Å². The number of hydrogen-bond donors (Lipinski definition) is 2. The lowest BCUT2D eigenvalue weighted by molar-refractivity contribution is -0.131. The van der Waals surface area contributed by atoms with E-state index in [9.17, 15) is 31.9 Å². The molecule has 39 heavy (non-hydrogen) atoms. The van der Waals surface area contributed by atoms with Crippen LogP contribution in [0.25, 0.3) is 5.65 Å². The van der Waals surface area contributed by atoms with E-state index in [4.69, 9.17) is 0 Å². The molecular formula is C26H22F4N6O3. The number of carbonyl (C=O) groups is 3. The molecule has 1 aromatic carbocycles. The number of imidazole rings is 1. The summed E-state index contributed by atoms with van der Waals surface area (Å²) in [5.74, 6) is -6.07. The number of benzene rings is 1. The Kier molecular flexibility index (Phi) is 4.93. The molecule has 4 amide bonds. The van der Waals surface area contributed by atoms with E-state index >= 15 is 0 Å². The van der Waals surface area contributed by atoms with Crippen LogP contribution >= 0.6 is 0 Å². The first-order valence-electron chi connectivity index (χ1n) is 12.6. The molecule has 9 nitrogen and oxygen atoms in total. The van der Waals surface area contributed by atoms with Crippen LogP contribution in [-0.2, 0) is 15.0 Å². The van der Waals surface area contributed by atoms with Crippen LogP contribution in [0.3, 0.4) is 0 Å². The second-order valence-corrected chi connectivity index (χ2v) is 10.7. The maximum Gasteiger partial charge on any atom is 0.324 e. The molecule has 1 spiro atoms. The first-order valence-corrected chi connectivity index (χ1v) is 12.6. The number of nitrogens with one attached hydrogen (secondary N) is 2. The van der Waals surface area contributed by atoms with Crippen molar-refractivity contribution in [2.24, 2.45) is 0 Å². The predicted octanol–water partition coefficient (Wildman–Crippen LogP) is 3.20. The van der Waals surface area contributed by atoms with Gasteiger partial charge in [0.05, 0.1) is 23.6 Å². The third-order valence-electron chi connectivity index (χ3n) is 8.32. The smallest absolute Gasteiger partial charge is 0.324 e. The van der Waals surface area contributed by atoms with E-state index in [-0.39, 0.29) is 24.1 Å². The van der Waals surface area contributed by atoms with Gasteiger partial charge in [0.25, 0.3) is 0 Å². The summed E-state index contributed by atoms with van der Waals surface area (Å²) >= 11 is 0. The molecule has 1 saturated heterocycles. The lowest BCUT2D eigenvalue weighted by atomic mass is 9.95. The zero-order valence-electron chi connectivity index (χ0n) is 20.3. The number of aromatic nitrogens is 3. The first-order chi connectivity index (χ1) is 18.6. The van der Waals surface area contributed by atoms with Crippen LogP contribution in [0.15, 0.2) is 36.7 Å². The number of halogens is 4. The Morgan fingerprint density at radius 2 is 1.92 bits per heavy atom. The monoisotopic (exact) mass is 542 g/mol. The van der Waals surface area contributed by atoms with Gasteiger partial charge in [0, 0.05) is 30.2 Å². The summed E-state index contributed by atoms with van der Waals surface area (Å²) in [6.45, 7) is -1.26. The highest BCUT2D eigenvalue weighted by atomic mass is 19.3. The summed E-state index contributed by atoms with van der Waals surface area (Å²) in [5.41, 5.74) is 2.74. The molecule has 3 fully saturated rings. The van der Waals surface area contributed by atoms with Crippen LogP contribution in [-0.4, -0.2) is 57.9 Å². The van der Waals surface area contributed by atoms with Crippen LogP contribution in [0.5, 0.6) is 0 Å². The molecule has 1 unspecified atom stereocenters. The number of anilines is 1. The normalized spacial score (nSPS) is 25.3. The zero-order valence-corrected chi connectivity index (χ0v) is 20.3. The molecule has 0 radical (unpaired) electrons. The number of amides is 4. The van der Waals surface area contributed by atoms with Crippen molar-refractivity contribution < 1.29 is 31.9 Å². The van der Waals surface area contributed by atoms with Gasteiger partial charge in [-0.3, -0.25) is 14.9 Å². The average Bonchev–Trinajstić information content (AvgIpc) is 3.80. The molecule has 2 aliphatic heterocycles. The molecule has 4 heterocycles. The molecule has 4 aliphatic rings. The molecule has 13 heteroatoms.